The van der Waals surface area contributed by atoms with Crippen molar-refractivity contribution in [1.29, 1.82) is 0 Å². The highest BCUT2D eigenvalue weighted by Gasteiger charge is 2.21. The van der Waals surface area contributed by atoms with Gasteiger partial charge in [0.2, 0.25) is 6.43 Å². The summed E-state index contributed by atoms with van der Waals surface area (Å²) in [4.78, 5) is 3.47. The standard InChI is InChI=1S/C8H9F3N2/c9-6-1-5(3-13-4-6)7(2-12)8(10)11/h1,3-4,7-8H,2,12H2. The second kappa shape index (κ2) is 4.23. The van der Waals surface area contributed by atoms with E-state index in [-0.39, 0.29) is 12.1 Å². The number of hydrogen-bond donors (Lipinski definition) is 1. The molecule has 0 bridgehead atoms. The van der Waals surface area contributed by atoms with E-state index >= 15 is 0 Å². The van der Waals surface area contributed by atoms with Crippen molar-refractivity contribution in [2.75, 3.05) is 6.54 Å². The molecular formula is C8H9F3N2. The van der Waals surface area contributed by atoms with Gasteiger partial charge in [0.05, 0.1) is 12.1 Å². The van der Waals surface area contributed by atoms with Crippen LogP contribution in [0.5, 0.6) is 0 Å². The summed E-state index contributed by atoms with van der Waals surface area (Å²) in [7, 11) is 0. The molecule has 0 spiro atoms. The summed E-state index contributed by atoms with van der Waals surface area (Å²) in [5.74, 6) is -1.76. The van der Waals surface area contributed by atoms with Crippen LogP contribution in [-0.4, -0.2) is 18.0 Å². The molecule has 1 atom stereocenters. The first-order chi connectivity index (χ1) is 6.15. The molecule has 2 N–H and O–H groups in total. The molecule has 1 aromatic heterocycles. The molecule has 1 aromatic rings. The van der Waals surface area contributed by atoms with E-state index in [1.807, 2.05) is 0 Å². The van der Waals surface area contributed by atoms with Crippen LogP contribution in [0, 0.1) is 5.82 Å². The molecule has 2 nitrogen and oxygen atoms in total. The molecule has 1 heterocycles. The first-order valence-electron chi connectivity index (χ1n) is 3.74. The van der Waals surface area contributed by atoms with Crippen molar-refractivity contribution >= 4 is 0 Å². The van der Waals surface area contributed by atoms with Gasteiger partial charge in [-0.2, -0.15) is 0 Å². The maximum Gasteiger partial charge on any atom is 0.246 e. The lowest BCUT2D eigenvalue weighted by Gasteiger charge is -2.12. The maximum atomic E-state index is 12.6. The van der Waals surface area contributed by atoms with Crippen molar-refractivity contribution < 1.29 is 13.2 Å². The molecule has 0 saturated carbocycles. The van der Waals surface area contributed by atoms with Crippen molar-refractivity contribution in [3.63, 3.8) is 0 Å². The second-order valence-electron chi connectivity index (χ2n) is 2.61. The van der Waals surface area contributed by atoms with Gasteiger partial charge in [-0.1, -0.05) is 0 Å². The quantitative estimate of drug-likeness (QED) is 0.784. The Bertz CT molecular complexity index is 278. The van der Waals surface area contributed by atoms with Gasteiger partial charge < -0.3 is 5.73 Å². The summed E-state index contributed by atoms with van der Waals surface area (Å²) in [5.41, 5.74) is 5.26. The van der Waals surface area contributed by atoms with Crippen LogP contribution in [0.2, 0.25) is 0 Å². The van der Waals surface area contributed by atoms with Gasteiger partial charge in [-0.05, 0) is 11.6 Å². The highest BCUT2D eigenvalue weighted by atomic mass is 19.3. The van der Waals surface area contributed by atoms with Crippen LogP contribution in [0.3, 0.4) is 0 Å². The van der Waals surface area contributed by atoms with E-state index in [4.69, 9.17) is 5.73 Å². The van der Waals surface area contributed by atoms with Crippen LogP contribution >= 0.6 is 0 Å². The Labute approximate surface area is 73.6 Å². The number of nitrogens with two attached hydrogens (primary N) is 1. The van der Waals surface area contributed by atoms with Crippen LogP contribution in [-0.2, 0) is 0 Å². The Kier molecular flexibility index (Phi) is 3.25. The molecule has 13 heavy (non-hydrogen) atoms. The van der Waals surface area contributed by atoms with Crippen molar-refractivity contribution in [2.24, 2.45) is 5.73 Å². The molecule has 5 heteroatoms. The van der Waals surface area contributed by atoms with Gasteiger partial charge in [0.15, 0.2) is 0 Å². The minimum absolute atomic E-state index is 0.137. The summed E-state index contributed by atoms with van der Waals surface area (Å²) >= 11 is 0. The van der Waals surface area contributed by atoms with Crippen LogP contribution in [0.15, 0.2) is 18.5 Å². The first-order valence-corrected chi connectivity index (χ1v) is 3.74. The molecule has 0 amide bonds. The number of alkyl halides is 2. The largest absolute Gasteiger partial charge is 0.330 e. The Morgan fingerprint density at radius 1 is 1.38 bits per heavy atom. The molecule has 0 saturated heterocycles. The Morgan fingerprint density at radius 2 is 2.08 bits per heavy atom. The van der Waals surface area contributed by atoms with Crippen molar-refractivity contribution in [3.8, 4) is 0 Å². The zero-order chi connectivity index (χ0) is 9.84. The average Bonchev–Trinajstić information content (AvgIpc) is 2.04. The number of aromatic nitrogens is 1. The summed E-state index contributed by atoms with van der Waals surface area (Å²) in [5, 5.41) is 0. The van der Waals surface area contributed by atoms with E-state index in [0.29, 0.717) is 0 Å². The summed E-state index contributed by atoms with van der Waals surface area (Å²) in [6, 6.07) is 1.02. The topological polar surface area (TPSA) is 38.9 Å². The summed E-state index contributed by atoms with van der Waals surface area (Å²) in [6.07, 6.45) is -0.427. The lowest BCUT2D eigenvalue weighted by atomic mass is 10.0. The van der Waals surface area contributed by atoms with Gasteiger partial charge in [0.25, 0.3) is 0 Å². The molecule has 0 radical (unpaired) electrons. The fraction of sp³-hybridized carbons (Fsp3) is 0.375. The van der Waals surface area contributed by atoms with Gasteiger partial charge in [0, 0.05) is 12.7 Å². The van der Waals surface area contributed by atoms with Crippen molar-refractivity contribution in [2.45, 2.75) is 12.3 Å². The predicted octanol–water partition coefficient (Wildman–Crippen LogP) is 1.53. The van der Waals surface area contributed by atoms with E-state index in [1.54, 1.807) is 0 Å². The molecule has 0 fully saturated rings. The zero-order valence-electron chi connectivity index (χ0n) is 6.75. The van der Waals surface area contributed by atoms with E-state index in [9.17, 15) is 13.2 Å². The Balaban J connectivity index is 2.91. The zero-order valence-corrected chi connectivity index (χ0v) is 6.75. The normalized spacial score (nSPS) is 13.3. The fourth-order valence-corrected chi connectivity index (χ4v) is 1.02. The fourth-order valence-electron chi connectivity index (χ4n) is 1.02. The molecule has 1 rings (SSSR count). The van der Waals surface area contributed by atoms with Crippen molar-refractivity contribution in [3.05, 3.63) is 29.8 Å². The number of hydrogen-bond acceptors (Lipinski definition) is 2. The van der Waals surface area contributed by atoms with E-state index < -0.39 is 18.2 Å². The SMILES string of the molecule is NCC(c1cncc(F)c1)C(F)F. The first kappa shape index (κ1) is 9.98. The molecule has 0 aliphatic heterocycles. The van der Waals surface area contributed by atoms with Gasteiger partial charge in [-0.15, -0.1) is 0 Å². The van der Waals surface area contributed by atoms with Crippen LogP contribution in [0.25, 0.3) is 0 Å². The average molecular weight is 190 g/mol. The van der Waals surface area contributed by atoms with Gasteiger partial charge in [0.1, 0.15) is 5.82 Å². The minimum Gasteiger partial charge on any atom is -0.330 e. The third-order valence-electron chi connectivity index (χ3n) is 1.71. The Hall–Kier alpha value is -1.10. The number of nitrogens with zero attached hydrogens (tertiary/aromatic N) is 1. The van der Waals surface area contributed by atoms with Crippen LogP contribution in [0.1, 0.15) is 11.5 Å². The third kappa shape index (κ3) is 2.42. The maximum absolute atomic E-state index is 12.6. The second-order valence-corrected chi connectivity index (χ2v) is 2.61. The molecule has 1 unspecified atom stereocenters. The molecular weight excluding hydrogens is 181 g/mol. The lowest BCUT2D eigenvalue weighted by molar-refractivity contribution is 0.117. The molecule has 72 valence electrons. The van der Waals surface area contributed by atoms with Crippen molar-refractivity contribution in [1.82, 2.24) is 4.98 Å². The third-order valence-corrected chi connectivity index (χ3v) is 1.71. The number of pyridine rings is 1. The van der Waals surface area contributed by atoms with Gasteiger partial charge in [-0.3, -0.25) is 4.98 Å². The molecule has 0 aliphatic rings. The Morgan fingerprint density at radius 3 is 2.54 bits per heavy atom. The minimum atomic E-state index is -2.59. The smallest absolute Gasteiger partial charge is 0.246 e. The summed E-state index contributed by atoms with van der Waals surface area (Å²) < 4.78 is 37.2. The number of rotatable bonds is 3. The predicted molar refractivity (Wildman–Crippen MR) is 42.0 cm³/mol. The highest BCUT2D eigenvalue weighted by molar-refractivity contribution is 5.16. The van der Waals surface area contributed by atoms with E-state index in [0.717, 1.165) is 12.3 Å². The highest BCUT2D eigenvalue weighted by Crippen LogP contribution is 2.21. The lowest BCUT2D eigenvalue weighted by Crippen LogP contribution is -2.19. The number of halogens is 3. The summed E-state index contributed by atoms with van der Waals surface area (Å²) in [6.45, 7) is -0.219. The van der Waals surface area contributed by atoms with Gasteiger partial charge >= 0.3 is 0 Å². The van der Waals surface area contributed by atoms with Crippen LogP contribution < -0.4 is 5.73 Å². The molecule has 0 aromatic carbocycles. The monoisotopic (exact) mass is 190 g/mol. The van der Waals surface area contributed by atoms with E-state index in [2.05, 4.69) is 4.98 Å². The van der Waals surface area contributed by atoms with Gasteiger partial charge in [-0.25, -0.2) is 13.2 Å². The van der Waals surface area contributed by atoms with Crippen LogP contribution in [0.4, 0.5) is 13.2 Å². The molecule has 0 aliphatic carbocycles. The van der Waals surface area contributed by atoms with E-state index in [1.165, 1.54) is 6.20 Å².